The van der Waals surface area contributed by atoms with Gasteiger partial charge in [0.25, 0.3) is 0 Å². The van der Waals surface area contributed by atoms with Crippen molar-refractivity contribution in [3.05, 3.63) is 42.1 Å². The summed E-state index contributed by atoms with van der Waals surface area (Å²) in [5.41, 5.74) is 2.00. The number of aromatic nitrogens is 1. The van der Waals surface area contributed by atoms with E-state index in [4.69, 9.17) is 0 Å². The average molecular weight is 256 g/mol. The van der Waals surface area contributed by atoms with E-state index in [1.165, 1.54) is 11.8 Å². The van der Waals surface area contributed by atoms with Crippen LogP contribution < -0.4 is 0 Å². The van der Waals surface area contributed by atoms with Gasteiger partial charge in [-0.15, -0.1) is 0 Å². The SMILES string of the molecule is O=C1CC(N=Cc2ccc3cccnc3c2)CS1. The molecule has 1 saturated heterocycles. The first-order chi connectivity index (χ1) is 8.81. The summed E-state index contributed by atoms with van der Waals surface area (Å²) in [6.07, 6.45) is 4.19. The maximum atomic E-state index is 11.1. The molecule has 1 aromatic carbocycles. The summed E-state index contributed by atoms with van der Waals surface area (Å²) < 4.78 is 0. The zero-order valence-corrected chi connectivity index (χ0v) is 10.6. The van der Waals surface area contributed by atoms with E-state index in [-0.39, 0.29) is 11.2 Å². The molecule has 1 aromatic heterocycles. The molecule has 3 nitrogen and oxygen atoms in total. The molecule has 1 atom stereocenters. The normalized spacial score (nSPS) is 20.0. The minimum Gasteiger partial charge on any atom is -0.288 e. The number of aliphatic imine (C=N–C) groups is 1. The minimum atomic E-state index is 0.141. The Bertz CT molecular complexity index is 624. The van der Waals surface area contributed by atoms with Crippen molar-refractivity contribution in [3.8, 4) is 0 Å². The van der Waals surface area contributed by atoms with E-state index in [2.05, 4.69) is 9.98 Å². The molecular formula is C14H12N2OS. The van der Waals surface area contributed by atoms with Gasteiger partial charge in [0.2, 0.25) is 0 Å². The smallest absolute Gasteiger partial charge is 0.191 e. The zero-order chi connectivity index (χ0) is 12.4. The number of benzene rings is 1. The van der Waals surface area contributed by atoms with Crippen molar-refractivity contribution in [1.82, 2.24) is 4.98 Å². The van der Waals surface area contributed by atoms with Gasteiger partial charge in [0, 0.05) is 30.0 Å². The second-order valence-corrected chi connectivity index (χ2v) is 5.35. The average Bonchev–Trinajstić information content (AvgIpc) is 2.82. The van der Waals surface area contributed by atoms with E-state index in [0.29, 0.717) is 6.42 Å². The summed E-state index contributed by atoms with van der Waals surface area (Å²) in [5.74, 6) is 0.807. The summed E-state index contributed by atoms with van der Waals surface area (Å²) in [6.45, 7) is 0. The number of fused-ring (bicyclic) bond motifs is 1. The summed E-state index contributed by atoms with van der Waals surface area (Å²) in [4.78, 5) is 19.9. The van der Waals surface area contributed by atoms with Crippen molar-refractivity contribution in [2.45, 2.75) is 12.5 Å². The zero-order valence-electron chi connectivity index (χ0n) is 9.74. The van der Waals surface area contributed by atoms with Crippen molar-refractivity contribution in [1.29, 1.82) is 0 Å². The van der Waals surface area contributed by atoms with Crippen LogP contribution in [0.1, 0.15) is 12.0 Å². The molecule has 18 heavy (non-hydrogen) atoms. The van der Waals surface area contributed by atoms with Crippen LogP contribution in [0.15, 0.2) is 41.5 Å². The fraction of sp³-hybridized carbons (Fsp3) is 0.214. The summed E-state index contributed by atoms with van der Waals surface area (Å²) in [5, 5.41) is 1.37. The first kappa shape index (κ1) is 11.4. The molecule has 0 saturated carbocycles. The van der Waals surface area contributed by atoms with Crippen LogP contribution in [0.4, 0.5) is 0 Å². The standard InChI is InChI=1S/C14H12N2OS/c17-14-7-12(9-18-14)16-8-10-3-4-11-2-1-5-15-13(11)6-10/h1-6,8,12H,7,9H2. The molecule has 0 amide bonds. The van der Waals surface area contributed by atoms with Crippen molar-refractivity contribution in [2.75, 3.05) is 5.75 Å². The van der Waals surface area contributed by atoms with Crippen molar-refractivity contribution < 1.29 is 4.79 Å². The lowest BCUT2D eigenvalue weighted by atomic mass is 10.1. The van der Waals surface area contributed by atoms with Crippen LogP contribution in [0, 0.1) is 0 Å². The lowest BCUT2D eigenvalue weighted by Gasteiger charge is -2.00. The monoisotopic (exact) mass is 256 g/mol. The molecule has 0 radical (unpaired) electrons. The predicted molar refractivity (Wildman–Crippen MR) is 75.2 cm³/mol. The Morgan fingerprint density at radius 1 is 1.39 bits per heavy atom. The van der Waals surface area contributed by atoms with Crippen LogP contribution >= 0.6 is 11.8 Å². The molecule has 1 unspecified atom stereocenters. The molecule has 90 valence electrons. The maximum absolute atomic E-state index is 11.1. The molecule has 4 heteroatoms. The van der Waals surface area contributed by atoms with Gasteiger partial charge in [0.15, 0.2) is 5.12 Å². The summed E-state index contributed by atoms with van der Waals surface area (Å²) in [6, 6.07) is 10.2. The van der Waals surface area contributed by atoms with Gasteiger partial charge < -0.3 is 0 Å². The van der Waals surface area contributed by atoms with Crippen LogP contribution in [0.5, 0.6) is 0 Å². The third kappa shape index (κ3) is 2.43. The van der Waals surface area contributed by atoms with E-state index < -0.39 is 0 Å². The third-order valence-corrected chi connectivity index (χ3v) is 3.94. The van der Waals surface area contributed by atoms with Crippen molar-refractivity contribution in [2.24, 2.45) is 4.99 Å². The van der Waals surface area contributed by atoms with Gasteiger partial charge in [-0.3, -0.25) is 14.8 Å². The molecule has 2 aromatic rings. The van der Waals surface area contributed by atoms with E-state index in [1.807, 2.05) is 36.5 Å². The predicted octanol–water partition coefficient (Wildman–Crippen LogP) is 2.69. The van der Waals surface area contributed by atoms with Gasteiger partial charge in [-0.05, 0) is 17.7 Å². The van der Waals surface area contributed by atoms with E-state index in [0.717, 1.165) is 22.2 Å². The number of hydrogen-bond acceptors (Lipinski definition) is 4. The molecule has 0 bridgehead atoms. The van der Waals surface area contributed by atoms with E-state index in [9.17, 15) is 4.79 Å². The van der Waals surface area contributed by atoms with E-state index >= 15 is 0 Å². The number of nitrogens with zero attached hydrogens (tertiary/aromatic N) is 2. The van der Waals surface area contributed by atoms with Crippen LogP contribution in [0.2, 0.25) is 0 Å². The highest BCUT2D eigenvalue weighted by Gasteiger charge is 2.21. The number of hydrogen-bond donors (Lipinski definition) is 0. The lowest BCUT2D eigenvalue weighted by molar-refractivity contribution is -0.110. The second-order valence-electron chi connectivity index (χ2n) is 4.27. The minimum absolute atomic E-state index is 0.141. The molecule has 1 aliphatic rings. The molecule has 2 heterocycles. The fourth-order valence-electron chi connectivity index (χ4n) is 1.95. The van der Waals surface area contributed by atoms with Gasteiger partial charge in [-0.25, -0.2) is 0 Å². The molecule has 1 fully saturated rings. The fourth-order valence-corrected chi connectivity index (χ4v) is 2.84. The van der Waals surface area contributed by atoms with Gasteiger partial charge in [0.1, 0.15) is 0 Å². The topological polar surface area (TPSA) is 42.3 Å². The van der Waals surface area contributed by atoms with Crippen LogP contribution in [-0.2, 0) is 4.79 Å². The Morgan fingerprint density at radius 2 is 2.33 bits per heavy atom. The Morgan fingerprint density at radius 3 is 3.17 bits per heavy atom. The molecule has 0 aliphatic carbocycles. The largest absolute Gasteiger partial charge is 0.288 e. The molecule has 0 N–H and O–H groups in total. The van der Waals surface area contributed by atoms with Crippen LogP contribution in [0.25, 0.3) is 10.9 Å². The number of thioether (sulfide) groups is 1. The summed E-state index contributed by atoms with van der Waals surface area (Å²) in [7, 11) is 0. The quantitative estimate of drug-likeness (QED) is 0.776. The molecule has 1 aliphatic heterocycles. The Kier molecular flexibility index (Phi) is 3.11. The first-order valence-electron chi connectivity index (χ1n) is 5.85. The highest BCUT2D eigenvalue weighted by molar-refractivity contribution is 8.14. The van der Waals surface area contributed by atoms with Crippen LogP contribution in [0.3, 0.4) is 0 Å². The highest BCUT2D eigenvalue weighted by atomic mass is 32.2. The van der Waals surface area contributed by atoms with Crippen LogP contribution in [-0.4, -0.2) is 28.1 Å². The highest BCUT2D eigenvalue weighted by Crippen LogP contribution is 2.22. The van der Waals surface area contributed by atoms with Crippen molar-refractivity contribution in [3.63, 3.8) is 0 Å². The first-order valence-corrected chi connectivity index (χ1v) is 6.83. The van der Waals surface area contributed by atoms with Gasteiger partial charge in [-0.1, -0.05) is 30.0 Å². The molecule has 0 spiro atoms. The second kappa shape index (κ2) is 4.90. The number of rotatable bonds is 2. The van der Waals surface area contributed by atoms with E-state index in [1.54, 1.807) is 6.20 Å². The molecular weight excluding hydrogens is 244 g/mol. The lowest BCUT2D eigenvalue weighted by Crippen LogP contribution is -2.02. The number of pyridine rings is 1. The summed E-state index contributed by atoms with van der Waals surface area (Å²) >= 11 is 1.38. The van der Waals surface area contributed by atoms with Gasteiger partial charge in [0.05, 0.1) is 11.6 Å². The maximum Gasteiger partial charge on any atom is 0.191 e. The van der Waals surface area contributed by atoms with Gasteiger partial charge >= 0.3 is 0 Å². The third-order valence-electron chi connectivity index (χ3n) is 2.90. The number of carbonyl (C=O) groups is 1. The molecule has 3 rings (SSSR count). The number of carbonyl (C=O) groups excluding carboxylic acids is 1. The Balaban J connectivity index is 1.82. The van der Waals surface area contributed by atoms with Gasteiger partial charge in [-0.2, -0.15) is 0 Å². The Labute approximate surface area is 109 Å². The Hall–Kier alpha value is -1.68. The van der Waals surface area contributed by atoms with Crippen molar-refractivity contribution >= 4 is 34.0 Å².